The van der Waals surface area contributed by atoms with Gasteiger partial charge in [-0.2, -0.15) is 0 Å². The van der Waals surface area contributed by atoms with Gasteiger partial charge in [-0.25, -0.2) is 4.79 Å². The Morgan fingerprint density at radius 1 is 1.05 bits per heavy atom. The Morgan fingerprint density at radius 2 is 1.82 bits per heavy atom. The van der Waals surface area contributed by atoms with Crippen LogP contribution in [0, 0.1) is 5.92 Å². The molecule has 1 unspecified atom stereocenters. The number of nitrogens with zero attached hydrogens (tertiary/aromatic N) is 1. The number of benzene rings is 3. The maximum atomic E-state index is 13.5. The average Bonchev–Trinajstić information content (AvgIpc) is 3.72. The number of ether oxygens (including phenoxy) is 2. The summed E-state index contributed by atoms with van der Waals surface area (Å²) in [6, 6.07) is 20.5. The number of hydrogen-bond donors (Lipinski definition) is 2. The Morgan fingerprint density at radius 3 is 2.55 bits per heavy atom. The molecule has 40 heavy (non-hydrogen) atoms. The second kappa shape index (κ2) is 11.4. The molecule has 2 heterocycles. The maximum absolute atomic E-state index is 13.5. The predicted octanol–water partition coefficient (Wildman–Crippen LogP) is 6.90. The van der Waals surface area contributed by atoms with E-state index in [-0.39, 0.29) is 18.6 Å². The summed E-state index contributed by atoms with van der Waals surface area (Å²) in [5, 5.41) is 4.67. The van der Waals surface area contributed by atoms with Gasteiger partial charge in [0.1, 0.15) is 18.4 Å². The molecule has 0 spiro atoms. The molecule has 1 aliphatic heterocycles. The summed E-state index contributed by atoms with van der Waals surface area (Å²) in [7, 11) is 0. The Kier molecular flexibility index (Phi) is 7.50. The van der Waals surface area contributed by atoms with E-state index in [1.807, 2.05) is 24.3 Å². The molecule has 1 aromatic heterocycles. The fraction of sp³-hybridized carbons (Fsp3) is 0.312. The van der Waals surface area contributed by atoms with Crippen molar-refractivity contribution in [3.63, 3.8) is 0 Å². The summed E-state index contributed by atoms with van der Waals surface area (Å²) >= 11 is 6.01. The van der Waals surface area contributed by atoms with Crippen LogP contribution in [0.4, 0.5) is 10.5 Å². The average molecular weight is 558 g/mol. The zero-order valence-electron chi connectivity index (χ0n) is 22.4. The Hall–Kier alpha value is -3.81. The summed E-state index contributed by atoms with van der Waals surface area (Å²) in [4.78, 5) is 31.2. The van der Waals surface area contributed by atoms with E-state index >= 15 is 0 Å². The van der Waals surface area contributed by atoms with E-state index in [1.165, 1.54) is 29.4 Å². The molecule has 1 atom stereocenters. The van der Waals surface area contributed by atoms with Gasteiger partial charge in [0.25, 0.3) is 0 Å². The van der Waals surface area contributed by atoms with E-state index < -0.39 is 6.09 Å². The van der Waals surface area contributed by atoms with Crippen LogP contribution in [0.5, 0.6) is 5.75 Å². The number of fused-ring (bicyclic) bond motifs is 3. The van der Waals surface area contributed by atoms with Gasteiger partial charge in [-0.1, -0.05) is 36.7 Å². The van der Waals surface area contributed by atoms with Gasteiger partial charge in [0, 0.05) is 33.9 Å². The Labute approximate surface area is 238 Å². The number of rotatable bonds is 8. The summed E-state index contributed by atoms with van der Waals surface area (Å²) in [5.74, 6) is 0.869. The largest absolute Gasteiger partial charge is 0.416 e. The number of aryl methyl sites for hydroxylation is 1. The van der Waals surface area contributed by atoms with Crippen LogP contribution in [0.3, 0.4) is 0 Å². The molecule has 1 aliphatic carbocycles. The van der Waals surface area contributed by atoms with Crippen LogP contribution < -0.4 is 10.1 Å². The van der Waals surface area contributed by atoms with E-state index in [1.54, 1.807) is 29.2 Å². The van der Waals surface area contributed by atoms with Crippen molar-refractivity contribution in [2.45, 2.75) is 38.6 Å². The van der Waals surface area contributed by atoms with Gasteiger partial charge in [0.2, 0.25) is 5.91 Å². The molecule has 0 radical (unpaired) electrons. The third-order valence-corrected chi connectivity index (χ3v) is 7.90. The van der Waals surface area contributed by atoms with Gasteiger partial charge >= 0.3 is 6.09 Å². The van der Waals surface area contributed by atoms with Crippen LogP contribution in [0.2, 0.25) is 5.02 Å². The number of carbonyl (C=O) groups excluding carboxylic acids is 2. The SMILES string of the molecule is CCc1ccc2[nH]c3c(c2c1)CCN(C(=O)Oc1ccc(Cl)cc1)C3c1ccc(NC(=O)COCC2CC2)cc1. The molecule has 2 N–H and O–H groups in total. The Balaban J connectivity index is 1.28. The van der Waals surface area contributed by atoms with Crippen LogP contribution in [0.1, 0.15) is 48.2 Å². The van der Waals surface area contributed by atoms with E-state index in [0.29, 0.717) is 41.9 Å². The molecule has 0 saturated heterocycles. The third kappa shape index (κ3) is 5.71. The molecule has 6 rings (SSSR count). The highest BCUT2D eigenvalue weighted by Gasteiger charge is 2.35. The Bertz CT molecular complexity index is 1530. The van der Waals surface area contributed by atoms with Crippen molar-refractivity contribution in [1.82, 2.24) is 9.88 Å². The number of aromatic nitrogens is 1. The van der Waals surface area contributed by atoms with Crippen molar-refractivity contribution in [3.05, 3.63) is 94.1 Å². The molecule has 2 amide bonds. The van der Waals surface area contributed by atoms with E-state index in [4.69, 9.17) is 21.1 Å². The van der Waals surface area contributed by atoms with Crippen LogP contribution >= 0.6 is 11.6 Å². The van der Waals surface area contributed by atoms with Gasteiger partial charge in [-0.05, 0) is 96.8 Å². The lowest BCUT2D eigenvalue weighted by Gasteiger charge is -2.35. The molecule has 7 nitrogen and oxygen atoms in total. The number of aromatic amines is 1. The first kappa shape index (κ1) is 26.4. The smallest absolute Gasteiger partial charge is 0.410 e. The standard InChI is InChI=1S/C32H32ClN3O4/c1-2-20-5-14-28-27(17-20)26-15-16-36(32(38)40-25-12-8-23(33)9-13-25)31(30(26)35-28)22-6-10-24(11-7-22)34-29(37)19-39-18-21-3-4-21/h5-14,17,21,31,35H,2-4,15-16,18-19H2,1H3,(H,34,37). The van der Waals surface area contributed by atoms with Crippen LogP contribution in [0.15, 0.2) is 66.7 Å². The lowest BCUT2D eigenvalue weighted by Crippen LogP contribution is -2.42. The first-order valence-corrected chi connectivity index (χ1v) is 14.2. The number of H-pyrrole nitrogens is 1. The number of hydrogen-bond acceptors (Lipinski definition) is 4. The maximum Gasteiger partial charge on any atom is 0.416 e. The van der Waals surface area contributed by atoms with Crippen LogP contribution in [0.25, 0.3) is 10.9 Å². The summed E-state index contributed by atoms with van der Waals surface area (Å²) in [6.45, 7) is 3.34. The second-order valence-electron chi connectivity index (χ2n) is 10.5. The molecule has 0 bridgehead atoms. The fourth-order valence-electron chi connectivity index (χ4n) is 5.31. The first-order valence-electron chi connectivity index (χ1n) is 13.8. The molecule has 4 aromatic rings. The third-order valence-electron chi connectivity index (χ3n) is 7.65. The number of carbonyl (C=O) groups is 2. The van der Waals surface area contributed by atoms with Gasteiger partial charge in [0.15, 0.2) is 0 Å². The first-order chi connectivity index (χ1) is 19.5. The molecular weight excluding hydrogens is 526 g/mol. The van der Waals surface area contributed by atoms with E-state index in [2.05, 4.69) is 35.4 Å². The lowest BCUT2D eigenvalue weighted by molar-refractivity contribution is -0.120. The molecule has 1 saturated carbocycles. The van der Waals surface area contributed by atoms with Crippen LogP contribution in [-0.4, -0.2) is 41.6 Å². The fourth-order valence-corrected chi connectivity index (χ4v) is 5.44. The molecule has 1 fully saturated rings. The molecule has 206 valence electrons. The number of halogens is 1. The summed E-state index contributed by atoms with van der Waals surface area (Å²) in [5.41, 5.74) is 6.12. The quantitative estimate of drug-likeness (QED) is 0.247. The van der Waals surface area contributed by atoms with E-state index in [0.717, 1.165) is 23.2 Å². The minimum absolute atomic E-state index is 0.0450. The van der Waals surface area contributed by atoms with Crippen molar-refractivity contribution < 1.29 is 19.1 Å². The molecule has 2 aliphatic rings. The topological polar surface area (TPSA) is 83.7 Å². The number of anilines is 1. The molecule has 8 heteroatoms. The van der Waals surface area contributed by atoms with Gasteiger partial charge in [0.05, 0.1) is 6.61 Å². The monoisotopic (exact) mass is 557 g/mol. The summed E-state index contributed by atoms with van der Waals surface area (Å²) < 4.78 is 11.3. The highest BCUT2D eigenvalue weighted by molar-refractivity contribution is 6.30. The highest BCUT2D eigenvalue weighted by Crippen LogP contribution is 2.39. The normalized spacial score (nSPS) is 16.6. The minimum atomic E-state index is -0.434. The molecule has 3 aromatic carbocycles. The van der Waals surface area contributed by atoms with E-state index in [9.17, 15) is 9.59 Å². The predicted molar refractivity (Wildman–Crippen MR) is 156 cm³/mol. The van der Waals surface area contributed by atoms with Crippen molar-refractivity contribution in [1.29, 1.82) is 0 Å². The van der Waals surface area contributed by atoms with Gasteiger partial charge in [-0.15, -0.1) is 0 Å². The van der Waals surface area contributed by atoms with Crippen molar-refractivity contribution >= 4 is 40.2 Å². The lowest BCUT2D eigenvalue weighted by atomic mass is 9.92. The van der Waals surface area contributed by atoms with Gasteiger partial charge in [-0.3, -0.25) is 9.69 Å². The molecular formula is C32H32ClN3O4. The highest BCUT2D eigenvalue weighted by atomic mass is 35.5. The van der Waals surface area contributed by atoms with Crippen molar-refractivity contribution in [3.8, 4) is 5.75 Å². The minimum Gasteiger partial charge on any atom is -0.410 e. The summed E-state index contributed by atoms with van der Waals surface area (Å²) in [6.07, 6.45) is 3.61. The van der Waals surface area contributed by atoms with Gasteiger partial charge < -0.3 is 19.8 Å². The number of nitrogens with one attached hydrogen (secondary N) is 2. The zero-order chi connectivity index (χ0) is 27.6. The van der Waals surface area contributed by atoms with Crippen molar-refractivity contribution in [2.24, 2.45) is 5.92 Å². The number of amides is 2. The van der Waals surface area contributed by atoms with Crippen molar-refractivity contribution in [2.75, 3.05) is 25.1 Å². The zero-order valence-corrected chi connectivity index (χ0v) is 23.2. The second-order valence-corrected chi connectivity index (χ2v) is 11.0. The van der Waals surface area contributed by atoms with Crippen LogP contribution in [-0.2, 0) is 22.4 Å².